The van der Waals surface area contributed by atoms with Crippen LogP contribution in [0.1, 0.15) is 20.7 Å². The van der Waals surface area contributed by atoms with Gasteiger partial charge in [-0.05, 0) is 30.3 Å². The zero-order valence-electron chi connectivity index (χ0n) is 15.9. The van der Waals surface area contributed by atoms with Crippen LogP contribution in [0.15, 0.2) is 83.3 Å². The lowest BCUT2D eigenvalue weighted by atomic mass is 10.1. The van der Waals surface area contributed by atoms with Crippen molar-refractivity contribution in [3.05, 3.63) is 94.5 Å². The fourth-order valence-electron chi connectivity index (χ4n) is 2.67. The van der Waals surface area contributed by atoms with Gasteiger partial charge >= 0.3 is 0 Å². The first-order valence-corrected chi connectivity index (χ1v) is 9.96. The van der Waals surface area contributed by atoms with Crippen LogP contribution in [0.25, 0.3) is 0 Å². The van der Waals surface area contributed by atoms with Crippen LogP contribution in [-0.2, 0) is 4.79 Å². The minimum absolute atomic E-state index is 0.138. The normalized spacial score (nSPS) is 10.2. The van der Waals surface area contributed by atoms with E-state index in [0.29, 0.717) is 11.3 Å². The van der Waals surface area contributed by atoms with Gasteiger partial charge in [-0.2, -0.15) is 0 Å². The highest BCUT2D eigenvalue weighted by Crippen LogP contribution is 2.19. The summed E-state index contributed by atoms with van der Waals surface area (Å²) in [6.45, 7) is -0.402. The maximum Gasteiger partial charge on any atom is 0.262 e. The molecule has 3 rings (SSSR count). The largest absolute Gasteiger partial charge is 0.483 e. The van der Waals surface area contributed by atoms with Gasteiger partial charge in [0, 0.05) is 15.7 Å². The molecule has 0 heterocycles. The maximum atomic E-state index is 12.5. The summed E-state index contributed by atoms with van der Waals surface area (Å²) in [5.41, 5.74) is 1.39. The first kappa shape index (κ1) is 21.3. The van der Waals surface area contributed by atoms with Crippen molar-refractivity contribution in [2.75, 3.05) is 18.5 Å². The van der Waals surface area contributed by atoms with Crippen molar-refractivity contribution in [1.82, 2.24) is 5.32 Å². The van der Waals surface area contributed by atoms with E-state index >= 15 is 0 Å². The summed E-state index contributed by atoms with van der Waals surface area (Å²) in [5, 5.41) is 5.32. The summed E-state index contributed by atoms with van der Waals surface area (Å²) in [6.07, 6.45) is 0. The number of hydrogen-bond donors (Lipinski definition) is 2. The fraction of sp³-hybridized carbons (Fsp3) is 0.0870. The second kappa shape index (κ2) is 10.4. The molecule has 0 saturated carbocycles. The van der Waals surface area contributed by atoms with Gasteiger partial charge < -0.3 is 15.4 Å². The number of hydrogen-bond acceptors (Lipinski definition) is 4. The molecule has 6 nitrogen and oxygen atoms in total. The van der Waals surface area contributed by atoms with Crippen LogP contribution in [-0.4, -0.2) is 30.7 Å². The van der Waals surface area contributed by atoms with Crippen molar-refractivity contribution in [3.8, 4) is 5.75 Å². The van der Waals surface area contributed by atoms with E-state index < -0.39 is 5.91 Å². The van der Waals surface area contributed by atoms with E-state index in [0.717, 1.165) is 4.47 Å². The van der Waals surface area contributed by atoms with Crippen LogP contribution in [0.3, 0.4) is 0 Å². The summed E-state index contributed by atoms with van der Waals surface area (Å²) < 4.78 is 6.39. The lowest BCUT2D eigenvalue weighted by Crippen LogP contribution is -2.30. The standard InChI is InChI=1S/C23H19BrN2O4/c24-17-9-6-10-18(13-17)26-22(28)15-30-21-12-5-4-11-19(21)23(29)25-14-20(27)16-7-2-1-3-8-16/h1-13H,14-15H2,(H,25,29)(H,26,28). The Balaban J connectivity index is 1.57. The SMILES string of the molecule is O=C(COc1ccccc1C(=O)NCC(=O)c1ccccc1)Nc1cccc(Br)c1. The predicted octanol–water partition coefficient (Wildman–Crippen LogP) is 4.08. The molecule has 0 aromatic heterocycles. The number of Topliss-reactive ketones (excluding diaryl/α,β-unsaturated/α-hetero) is 1. The summed E-state index contributed by atoms with van der Waals surface area (Å²) >= 11 is 3.34. The highest BCUT2D eigenvalue weighted by atomic mass is 79.9. The van der Waals surface area contributed by atoms with Crippen LogP contribution < -0.4 is 15.4 Å². The Bertz CT molecular complexity index is 1050. The number of anilines is 1. The third-order valence-electron chi connectivity index (χ3n) is 4.10. The molecule has 0 atom stereocenters. The Kier molecular flexibility index (Phi) is 7.34. The van der Waals surface area contributed by atoms with Gasteiger partial charge in [-0.25, -0.2) is 0 Å². The number of rotatable bonds is 8. The average Bonchev–Trinajstić information content (AvgIpc) is 2.76. The molecule has 0 radical (unpaired) electrons. The van der Waals surface area contributed by atoms with E-state index in [2.05, 4.69) is 26.6 Å². The summed E-state index contributed by atoms with van der Waals surface area (Å²) in [5.74, 6) is -0.757. The molecule has 3 aromatic rings. The molecule has 0 aliphatic carbocycles. The summed E-state index contributed by atoms with van der Waals surface area (Å²) in [7, 11) is 0. The number of nitrogens with one attached hydrogen (secondary N) is 2. The Labute approximate surface area is 182 Å². The molecule has 0 spiro atoms. The lowest BCUT2D eigenvalue weighted by Gasteiger charge is -2.12. The molecule has 7 heteroatoms. The van der Waals surface area contributed by atoms with Gasteiger partial charge in [0.05, 0.1) is 12.1 Å². The Morgan fingerprint density at radius 3 is 2.37 bits per heavy atom. The Morgan fingerprint density at radius 1 is 0.867 bits per heavy atom. The van der Waals surface area contributed by atoms with Gasteiger partial charge in [-0.1, -0.05) is 64.5 Å². The second-order valence-corrected chi connectivity index (χ2v) is 7.23. The third-order valence-corrected chi connectivity index (χ3v) is 4.60. The van der Waals surface area contributed by atoms with Gasteiger partial charge in [0.1, 0.15) is 5.75 Å². The topological polar surface area (TPSA) is 84.5 Å². The first-order chi connectivity index (χ1) is 14.5. The fourth-order valence-corrected chi connectivity index (χ4v) is 3.07. The molecule has 152 valence electrons. The molecule has 2 amide bonds. The molecule has 0 bridgehead atoms. The van der Waals surface area contributed by atoms with Crippen molar-refractivity contribution in [3.63, 3.8) is 0 Å². The predicted molar refractivity (Wildman–Crippen MR) is 118 cm³/mol. The Morgan fingerprint density at radius 2 is 1.60 bits per heavy atom. The van der Waals surface area contributed by atoms with Gasteiger partial charge in [-0.3, -0.25) is 14.4 Å². The lowest BCUT2D eigenvalue weighted by molar-refractivity contribution is -0.118. The second-order valence-electron chi connectivity index (χ2n) is 6.32. The number of ketones is 1. The minimum Gasteiger partial charge on any atom is -0.483 e. The third kappa shape index (κ3) is 6.02. The molecular formula is C23H19BrN2O4. The number of amides is 2. The number of halogens is 1. The van der Waals surface area contributed by atoms with E-state index in [1.165, 1.54) is 0 Å². The number of benzene rings is 3. The van der Waals surface area contributed by atoms with Gasteiger partial charge in [-0.15, -0.1) is 0 Å². The van der Waals surface area contributed by atoms with Gasteiger partial charge in [0.15, 0.2) is 12.4 Å². The first-order valence-electron chi connectivity index (χ1n) is 9.16. The molecule has 2 N–H and O–H groups in total. The molecule has 0 fully saturated rings. The van der Waals surface area contributed by atoms with E-state index in [1.807, 2.05) is 12.1 Å². The zero-order chi connectivity index (χ0) is 21.3. The van der Waals surface area contributed by atoms with E-state index in [1.54, 1.807) is 66.7 Å². The van der Waals surface area contributed by atoms with Crippen LogP contribution in [0.2, 0.25) is 0 Å². The van der Waals surface area contributed by atoms with Crippen LogP contribution in [0, 0.1) is 0 Å². The van der Waals surface area contributed by atoms with E-state index in [-0.39, 0.29) is 36.2 Å². The Hall–Kier alpha value is -3.45. The molecule has 0 unspecified atom stereocenters. The van der Waals surface area contributed by atoms with Crippen LogP contribution in [0.5, 0.6) is 5.75 Å². The van der Waals surface area contributed by atoms with Crippen molar-refractivity contribution >= 4 is 39.2 Å². The summed E-state index contributed by atoms with van der Waals surface area (Å²) in [4.78, 5) is 36.9. The number of ether oxygens (including phenoxy) is 1. The molecule has 0 saturated heterocycles. The smallest absolute Gasteiger partial charge is 0.262 e. The highest BCUT2D eigenvalue weighted by Gasteiger charge is 2.15. The number of carbonyl (C=O) groups is 3. The van der Waals surface area contributed by atoms with Crippen molar-refractivity contribution < 1.29 is 19.1 Å². The number of carbonyl (C=O) groups excluding carboxylic acids is 3. The molecule has 30 heavy (non-hydrogen) atoms. The summed E-state index contributed by atoms with van der Waals surface area (Å²) in [6, 6.07) is 22.5. The average molecular weight is 467 g/mol. The van der Waals surface area contributed by atoms with Crippen LogP contribution in [0.4, 0.5) is 5.69 Å². The highest BCUT2D eigenvalue weighted by molar-refractivity contribution is 9.10. The van der Waals surface area contributed by atoms with E-state index in [9.17, 15) is 14.4 Å². The van der Waals surface area contributed by atoms with Gasteiger partial charge in [0.25, 0.3) is 11.8 Å². The quantitative estimate of drug-likeness (QED) is 0.489. The minimum atomic E-state index is -0.456. The van der Waals surface area contributed by atoms with Crippen molar-refractivity contribution in [1.29, 1.82) is 0 Å². The molecule has 0 aliphatic rings. The number of para-hydroxylation sites is 1. The molecule has 0 aliphatic heterocycles. The van der Waals surface area contributed by atoms with Gasteiger partial charge in [0.2, 0.25) is 0 Å². The maximum absolute atomic E-state index is 12.5. The van der Waals surface area contributed by atoms with Crippen molar-refractivity contribution in [2.24, 2.45) is 0 Å². The molecular weight excluding hydrogens is 448 g/mol. The monoisotopic (exact) mass is 466 g/mol. The van der Waals surface area contributed by atoms with Crippen molar-refractivity contribution in [2.45, 2.75) is 0 Å². The van der Waals surface area contributed by atoms with Crippen LogP contribution >= 0.6 is 15.9 Å². The zero-order valence-corrected chi connectivity index (χ0v) is 17.5. The van der Waals surface area contributed by atoms with E-state index in [4.69, 9.17) is 4.74 Å². The molecule has 3 aromatic carbocycles.